The molecule has 2 aromatic rings. The molecule has 0 saturated carbocycles. The number of hydrogen-bond donors (Lipinski definition) is 2. The monoisotopic (exact) mass is 517 g/mol. The number of carbonyl (C=O) groups excluding carboxylic acids is 3. The molecule has 1 aliphatic rings. The number of ketones is 1. The largest absolute Gasteiger partial charge is 0.507 e. The van der Waals surface area contributed by atoms with Crippen LogP contribution in [0.4, 0.5) is 0 Å². The predicted octanol–water partition coefficient (Wildman–Crippen LogP) is 3.55. The van der Waals surface area contributed by atoms with Gasteiger partial charge in [0.1, 0.15) is 11.5 Å². The highest BCUT2D eigenvalue weighted by Crippen LogP contribution is 2.41. The summed E-state index contributed by atoms with van der Waals surface area (Å²) >= 11 is 3.41. The zero-order valence-corrected chi connectivity index (χ0v) is 20.9. The summed E-state index contributed by atoms with van der Waals surface area (Å²) in [6.07, 6.45) is 0. The van der Waals surface area contributed by atoms with Crippen molar-refractivity contribution < 1.29 is 24.2 Å². The van der Waals surface area contributed by atoms with Gasteiger partial charge in [-0.1, -0.05) is 28.1 Å². The lowest BCUT2D eigenvalue weighted by molar-refractivity contribution is -0.140. The van der Waals surface area contributed by atoms with Crippen LogP contribution in [0.3, 0.4) is 0 Å². The van der Waals surface area contributed by atoms with E-state index in [0.29, 0.717) is 35.5 Å². The quantitative estimate of drug-likeness (QED) is 0.252. The van der Waals surface area contributed by atoms with Crippen molar-refractivity contribution in [3.63, 3.8) is 0 Å². The Bertz CT molecular complexity index is 1120. The maximum atomic E-state index is 13.2. The number of likely N-dealkylation sites (tertiary alicyclic amines) is 1. The van der Waals surface area contributed by atoms with Crippen molar-refractivity contribution in [2.75, 3.05) is 33.8 Å². The molecule has 0 spiro atoms. The number of nitrogens with one attached hydrogen (secondary N) is 1. The van der Waals surface area contributed by atoms with Gasteiger partial charge in [0.2, 0.25) is 0 Å². The standard InChI is InChI=1S/C24H28BrN3O5/c1-6-33-24(32)19-13(2)17(14(3)26-19)21(29)18-20(15-7-9-16(25)10-8-15)28(12-11-27(4)5)23(31)22(18)30/h7-10,20,26,29H,6,11-12H2,1-5H3/t20-/m0/s1. The first-order chi connectivity index (χ1) is 15.6. The van der Waals surface area contributed by atoms with Gasteiger partial charge in [0, 0.05) is 28.8 Å². The van der Waals surface area contributed by atoms with Gasteiger partial charge >= 0.3 is 5.97 Å². The van der Waals surface area contributed by atoms with Crippen LogP contribution in [0.2, 0.25) is 0 Å². The molecule has 33 heavy (non-hydrogen) atoms. The minimum atomic E-state index is -0.753. The van der Waals surface area contributed by atoms with E-state index in [1.165, 1.54) is 4.90 Å². The van der Waals surface area contributed by atoms with E-state index in [-0.39, 0.29) is 23.6 Å². The molecule has 1 saturated heterocycles. The summed E-state index contributed by atoms with van der Waals surface area (Å²) in [4.78, 5) is 44.8. The summed E-state index contributed by atoms with van der Waals surface area (Å²) in [7, 11) is 3.77. The van der Waals surface area contributed by atoms with Crippen molar-refractivity contribution in [2.24, 2.45) is 0 Å². The van der Waals surface area contributed by atoms with Crippen molar-refractivity contribution in [2.45, 2.75) is 26.8 Å². The number of nitrogens with zero attached hydrogens (tertiary/aromatic N) is 2. The van der Waals surface area contributed by atoms with Crippen molar-refractivity contribution in [3.05, 3.63) is 62.4 Å². The molecule has 1 atom stereocenters. The van der Waals surface area contributed by atoms with Crippen LogP contribution in [0.25, 0.3) is 5.76 Å². The van der Waals surface area contributed by atoms with Crippen molar-refractivity contribution in [1.82, 2.24) is 14.8 Å². The van der Waals surface area contributed by atoms with Crippen LogP contribution >= 0.6 is 15.9 Å². The van der Waals surface area contributed by atoms with Gasteiger partial charge < -0.3 is 24.6 Å². The van der Waals surface area contributed by atoms with Gasteiger partial charge in [0.05, 0.1) is 18.2 Å². The molecule has 0 unspecified atom stereocenters. The number of rotatable bonds is 7. The second-order valence-corrected chi connectivity index (χ2v) is 9.11. The third-order valence-corrected chi connectivity index (χ3v) is 6.20. The molecule has 0 bridgehead atoms. The van der Waals surface area contributed by atoms with Gasteiger partial charge in [-0.2, -0.15) is 0 Å². The SMILES string of the molecule is CCOC(=O)c1[nH]c(C)c(C(O)=C2C(=O)C(=O)N(CCN(C)C)[C@H]2c2ccc(Br)cc2)c1C. The second kappa shape index (κ2) is 9.93. The fourth-order valence-corrected chi connectivity index (χ4v) is 4.32. The Hall–Kier alpha value is -2.91. The maximum Gasteiger partial charge on any atom is 0.355 e. The first-order valence-corrected chi connectivity index (χ1v) is 11.4. The fourth-order valence-electron chi connectivity index (χ4n) is 4.06. The third kappa shape index (κ3) is 4.74. The molecule has 1 fully saturated rings. The molecule has 0 radical (unpaired) electrons. The molecule has 1 aromatic heterocycles. The Morgan fingerprint density at radius 3 is 2.42 bits per heavy atom. The topological polar surface area (TPSA) is 103 Å². The highest BCUT2D eigenvalue weighted by atomic mass is 79.9. The lowest BCUT2D eigenvalue weighted by Gasteiger charge is -2.26. The molecule has 3 rings (SSSR count). The van der Waals surface area contributed by atoms with Crippen LogP contribution in [-0.2, 0) is 14.3 Å². The Morgan fingerprint density at radius 2 is 1.85 bits per heavy atom. The van der Waals surface area contributed by atoms with Gasteiger partial charge in [0.15, 0.2) is 0 Å². The molecule has 1 amide bonds. The molecule has 8 nitrogen and oxygen atoms in total. The van der Waals surface area contributed by atoms with Crippen molar-refractivity contribution in [1.29, 1.82) is 0 Å². The lowest BCUT2D eigenvalue weighted by atomic mass is 9.94. The summed E-state index contributed by atoms with van der Waals surface area (Å²) in [6.45, 7) is 6.14. The molecule has 176 valence electrons. The van der Waals surface area contributed by atoms with E-state index in [1.807, 2.05) is 43.3 Å². The van der Waals surface area contributed by atoms with Gasteiger partial charge in [0.25, 0.3) is 11.7 Å². The summed E-state index contributed by atoms with van der Waals surface area (Å²) in [6, 6.07) is 6.53. The molecular weight excluding hydrogens is 490 g/mol. The number of esters is 1. The molecule has 2 heterocycles. The number of aliphatic hydroxyl groups is 1. The van der Waals surface area contributed by atoms with Gasteiger partial charge in [-0.25, -0.2) is 4.79 Å². The van der Waals surface area contributed by atoms with Gasteiger partial charge in [-0.3, -0.25) is 9.59 Å². The number of aliphatic hydroxyl groups excluding tert-OH is 1. The van der Waals surface area contributed by atoms with Crippen LogP contribution in [-0.4, -0.2) is 71.3 Å². The highest BCUT2D eigenvalue weighted by molar-refractivity contribution is 9.10. The summed E-state index contributed by atoms with van der Waals surface area (Å²) in [5, 5.41) is 11.4. The number of aromatic nitrogens is 1. The summed E-state index contributed by atoms with van der Waals surface area (Å²) < 4.78 is 5.94. The molecular formula is C24H28BrN3O5. The van der Waals surface area contributed by atoms with E-state index >= 15 is 0 Å². The Labute approximate surface area is 201 Å². The number of benzene rings is 1. The van der Waals surface area contributed by atoms with E-state index in [2.05, 4.69) is 20.9 Å². The fraction of sp³-hybridized carbons (Fsp3) is 0.375. The number of carbonyl (C=O) groups is 3. The van der Waals surface area contributed by atoms with E-state index in [1.54, 1.807) is 20.8 Å². The maximum absolute atomic E-state index is 13.2. The smallest absolute Gasteiger partial charge is 0.355 e. The van der Waals surface area contributed by atoms with Gasteiger partial charge in [-0.15, -0.1) is 0 Å². The van der Waals surface area contributed by atoms with E-state index < -0.39 is 23.7 Å². The van der Waals surface area contributed by atoms with E-state index in [0.717, 1.165) is 4.47 Å². The number of likely N-dealkylation sites (N-methyl/N-ethyl adjacent to an activating group) is 1. The van der Waals surface area contributed by atoms with Crippen LogP contribution in [0.5, 0.6) is 0 Å². The number of aromatic amines is 1. The zero-order valence-electron chi connectivity index (χ0n) is 19.4. The van der Waals surface area contributed by atoms with E-state index in [4.69, 9.17) is 4.74 Å². The molecule has 1 aromatic carbocycles. The number of ether oxygens (including phenoxy) is 1. The molecule has 2 N–H and O–H groups in total. The number of Topliss-reactive ketones (excluding diaryl/α,β-unsaturated/α-hetero) is 1. The van der Waals surface area contributed by atoms with Crippen LogP contribution < -0.4 is 0 Å². The normalized spacial score (nSPS) is 17.8. The lowest BCUT2D eigenvalue weighted by Crippen LogP contribution is -2.35. The van der Waals surface area contributed by atoms with Crippen LogP contribution in [0.1, 0.15) is 45.8 Å². The summed E-state index contributed by atoms with van der Waals surface area (Å²) in [5.74, 6) is -2.27. The van der Waals surface area contributed by atoms with Crippen molar-refractivity contribution in [3.8, 4) is 0 Å². The average molecular weight is 518 g/mol. The highest BCUT2D eigenvalue weighted by Gasteiger charge is 2.46. The number of aryl methyl sites for hydroxylation is 1. The Kier molecular flexibility index (Phi) is 7.44. The number of halogens is 1. The van der Waals surface area contributed by atoms with Crippen LogP contribution in [0.15, 0.2) is 34.3 Å². The minimum Gasteiger partial charge on any atom is -0.507 e. The second-order valence-electron chi connectivity index (χ2n) is 8.19. The zero-order chi connectivity index (χ0) is 24.4. The predicted molar refractivity (Wildman–Crippen MR) is 128 cm³/mol. The Morgan fingerprint density at radius 1 is 1.21 bits per heavy atom. The van der Waals surface area contributed by atoms with Gasteiger partial charge in [-0.05, 0) is 58.1 Å². The van der Waals surface area contributed by atoms with Crippen LogP contribution in [0, 0.1) is 13.8 Å². The minimum absolute atomic E-state index is 0.00156. The first-order valence-electron chi connectivity index (χ1n) is 10.6. The molecule has 9 heteroatoms. The summed E-state index contributed by atoms with van der Waals surface area (Å²) in [5.41, 5.74) is 2.19. The van der Waals surface area contributed by atoms with Crippen molar-refractivity contribution >= 4 is 39.3 Å². The average Bonchev–Trinajstić information content (AvgIpc) is 3.19. The Balaban J connectivity index is 2.19. The number of hydrogen-bond acceptors (Lipinski definition) is 6. The third-order valence-electron chi connectivity index (χ3n) is 5.67. The molecule has 0 aliphatic carbocycles. The number of H-pyrrole nitrogens is 1. The first kappa shape index (κ1) is 24.7. The number of amides is 1. The molecule has 1 aliphatic heterocycles. The van der Waals surface area contributed by atoms with E-state index in [9.17, 15) is 19.5 Å².